The molecule has 1 amide bonds. The summed E-state index contributed by atoms with van der Waals surface area (Å²) in [5, 5.41) is 10.6. The summed E-state index contributed by atoms with van der Waals surface area (Å²) in [4.78, 5) is 11.7. The summed E-state index contributed by atoms with van der Waals surface area (Å²) < 4.78 is 0. The van der Waals surface area contributed by atoms with E-state index in [2.05, 4.69) is 15.5 Å². The molecule has 1 saturated carbocycles. The molecule has 0 saturated heterocycles. The summed E-state index contributed by atoms with van der Waals surface area (Å²) in [5.74, 6) is -0.161. The van der Waals surface area contributed by atoms with Crippen molar-refractivity contribution in [3.05, 3.63) is 23.0 Å². The summed E-state index contributed by atoms with van der Waals surface area (Å²) in [5.41, 5.74) is 0.325. The van der Waals surface area contributed by atoms with Crippen LogP contribution in [-0.2, 0) is 0 Å². The normalized spacial score (nSPS) is 16.6. The van der Waals surface area contributed by atoms with Crippen LogP contribution < -0.4 is 5.32 Å². The van der Waals surface area contributed by atoms with Gasteiger partial charge in [-0.25, -0.2) is 0 Å². The molecular weight excluding hydrogens is 214 g/mol. The van der Waals surface area contributed by atoms with Gasteiger partial charge in [-0.15, -0.1) is 10.2 Å². The summed E-state index contributed by atoms with van der Waals surface area (Å²) in [6, 6.07) is 3.45. The van der Waals surface area contributed by atoms with Crippen molar-refractivity contribution >= 4 is 17.5 Å². The van der Waals surface area contributed by atoms with Gasteiger partial charge in [-0.2, -0.15) is 0 Å². The lowest BCUT2D eigenvalue weighted by Crippen LogP contribution is -2.33. The van der Waals surface area contributed by atoms with Crippen molar-refractivity contribution in [2.24, 2.45) is 0 Å². The fourth-order valence-corrected chi connectivity index (χ4v) is 1.87. The second-order valence-corrected chi connectivity index (χ2v) is 4.08. The third kappa shape index (κ3) is 2.65. The Kier molecular flexibility index (Phi) is 3.16. The van der Waals surface area contributed by atoms with E-state index in [0.29, 0.717) is 16.9 Å². The van der Waals surface area contributed by atoms with Crippen LogP contribution >= 0.6 is 11.6 Å². The molecule has 2 rings (SSSR count). The third-order valence-electron chi connectivity index (χ3n) is 2.56. The zero-order valence-electron chi connectivity index (χ0n) is 8.24. The van der Waals surface area contributed by atoms with E-state index >= 15 is 0 Å². The molecule has 1 fully saturated rings. The molecule has 0 unspecified atom stereocenters. The number of nitrogens with one attached hydrogen (secondary N) is 1. The molecule has 0 radical (unpaired) electrons. The largest absolute Gasteiger partial charge is 0.348 e. The van der Waals surface area contributed by atoms with Crippen LogP contribution in [0.15, 0.2) is 12.1 Å². The van der Waals surface area contributed by atoms with Gasteiger partial charge in [0.1, 0.15) is 0 Å². The number of carbonyl (C=O) groups excluding carboxylic acids is 1. The van der Waals surface area contributed by atoms with Crippen molar-refractivity contribution in [1.29, 1.82) is 0 Å². The maximum atomic E-state index is 11.7. The lowest BCUT2D eigenvalue weighted by Gasteiger charge is -2.10. The molecular formula is C10H12ClN3O. The van der Waals surface area contributed by atoms with Crippen LogP contribution in [0.3, 0.4) is 0 Å². The first-order chi connectivity index (χ1) is 7.25. The number of carbonyl (C=O) groups is 1. The van der Waals surface area contributed by atoms with Gasteiger partial charge in [0.2, 0.25) is 0 Å². The van der Waals surface area contributed by atoms with Crippen LogP contribution in [0.25, 0.3) is 0 Å². The quantitative estimate of drug-likeness (QED) is 0.835. The summed E-state index contributed by atoms with van der Waals surface area (Å²) >= 11 is 5.58. The number of aromatic nitrogens is 2. The van der Waals surface area contributed by atoms with Crippen LogP contribution in [0.2, 0.25) is 5.15 Å². The van der Waals surface area contributed by atoms with E-state index in [9.17, 15) is 4.79 Å². The van der Waals surface area contributed by atoms with E-state index in [1.54, 1.807) is 12.1 Å². The van der Waals surface area contributed by atoms with Crippen LogP contribution in [0, 0.1) is 0 Å². The van der Waals surface area contributed by atoms with Crippen molar-refractivity contribution in [3.63, 3.8) is 0 Å². The van der Waals surface area contributed by atoms with Crippen molar-refractivity contribution in [3.8, 4) is 0 Å². The zero-order chi connectivity index (χ0) is 10.7. The standard InChI is InChI=1S/C10H12ClN3O/c11-9-6-5-8(13-14-9)10(15)12-7-3-1-2-4-7/h5-7H,1-4H2,(H,12,15). The Hall–Kier alpha value is -1.16. The van der Waals surface area contributed by atoms with Crippen LogP contribution in [0.1, 0.15) is 36.2 Å². The van der Waals surface area contributed by atoms with Crippen molar-refractivity contribution in [2.75, 3.05) is 0 Å². The van der Waals surface area contributed by atoms with Crippen LogP contribution in [0.5, 0.6) is 0 Å². The smallest absolute Gasteiger partial charge is 0.272 e. The molecule has 0 spiro atoms. The van der Waals surface area contributed by atoms with E-state index in [1.807, 2.05) is 0 Å². The highest BCUT2D eigenvalue weighted by atomic mass is 35.5. The molecule has 1 aromatic rings. The van der Waals surface area contributed by atoms with Crippen molar-refractivity contribution in [1.82, 2.24) is 15.5 Å². The second-order valence-electron chi connectivity index (χ2n) is 3.70. The van der Waals surface area contributed by atoms with Gasteiger partial charge in [-0.05, 0) is 25.0 Å². The minimum absolute atomic E-state index is 0.161. The van der Waals surface area contributed by atoms with Gasteiger partial charge in [0, 0.05) is 6.04 Å². The highest BCUT2D eigenvalue weighted by Crippen LogP contribution is 2.17. The number of hydrogen-bond donors (Lipinski definition) is 1. The van der Waals surface area contributed by atoms with Gasteiger partial charge in [0.05, 0.1) is 0 Å². The van der Waals surface area contributed by atoms with E-state index in [4.69, 9.17) is 11.6 Å². The van der Waals surface area contributed by atoms with Crippen molar-refractivity contribution < 1.29 is 4.79 Å². The first-order valence-electron chi connectivity index (χ1n) is 5.06. The first kappa shape index (κ1) is 10.4. The Morgan fingerprint density at radius 1 is 1.33 bits per heavy atom. The first-order valence-corrected chi connectivity index (χ1v) is 5.43. The zero-order valence-corrected chi connectivity index (χ0v) is 9.00. The summed E-state index contributed by atoms with van der Waals surface area (Å²) in [7, 11) is 0. The molecule has 80 valence electrons. The Morgan fingerprint density at radius 2 is 2.07 bits per heavy atom. The van der Waals surface area contributed by atoms with E-state index < -0.39 is 0 Å². The Labute approximate surface area is 93.0 Å². The number of nitrogens with zero attached hydrogens (tertiary/aromatic N) is 2. The summed E-state index contributed by atoms with van der Waals surface area (Å²) in [6.07, 6.45) is 4.51. The van der Waals surface area contributed by atoms with Gasteiger partial charge in [0.15, 0.2) is 10.8 Å². The number of hydrogen-bond acceptors (Lipinski definition) is 3. The molecule has 5 heteroatoms. The molecule has 0 aliphatic heterocycles. The highest BCUT2D eigenvalue weighted by Gasteiger charge is 2.18. The van der Waals surface area contributed by atoms with Gasteiger partial charge in [-0.1, -0.05) is 24.4 Å². The molecule has 1 aromatic heterocycles. The predicted molar refractivity (Wildman–Crippen MR) is 56.8 cm³/mol. The SMILES string of the molecule is O=C(NC1CCCC1)c1ccc(Cl)nn1. The maximum Gasteiger partial charge on any atom is 0.272 e. The predicted octanol–water partition coefficient (Wildman–Crippen LogP) is 1.80. The van der Waals surface area contributed by atoms with E-state index in [0.717, 1.165) is 12.8 Å². The van der Waals surface area contributed by atoms with Crippen LogP contribution in [-0.4, -0.2) is 22.1 Å². The molecule has 1 N–H and O–H groups in total. The van der Waals surface area contributed by atoms with Gasteiger partial charge in [0.25, 0.3) is 5.91 Å². The molecule has 1 aliphatic carbocycles. The Morgan fingerprint density at radius 3 is 2.67 bits per heavy atom. The Balaban J connectivity index is 1.98. The van der Waals surface area contributed by atoms with E-state index in [-0.39, 0.29) is 5.91 Å². The van der Waals surface area contributed by atoms with Gasteiger partial charge < -0.3 is 5.32 Å². The molecule has 15 heavy (non-hydrogen) atoms. The van der Waals surface area contributed by atoms with Crippen LogP contribution in [0.4, 0.5) is 0 Å². The van der Waals surface area contributed by atoms with Gasteiger partial charge >= 0.3 is 0 Å². The van der Waals surface area contributed by atoms with Gasteiger partial charge in [-0.3, -0.25) is 4.79 Å². The lowest BCUT2D eigenvalue weighted by atomic mass is 10.2. The molecule has 1 heterocycles. The Bertz CT molecular complexity index is 346. The minimum Gasteiger partial charge on any atom is -0.348 e. The maximum absolute atomic E-state index is 11.7. The lowest BCUT2D eigenvalue weighted by molar-refractivity contribution is 0.0932. The van der Waals surface area contributed by atoms with E-state index in [1.165, 1.54) is 12.8 Å². The molecule has 0 aromatic carbocycles. The number of amides is 1. The topological polar surface area (TPSA) is 54.9 Å². The number of halogens is 1. The highest BCUT2D eigenvalue weighted by molar-refractivity contribution is 6.29. The average Bonchev–Trinajstić information content (AvgIpc) is 2.71. The fraction of sp³-hybridized carbons (Fsp3) is 0.500. The average molecular weight is 226 g/mol. The minimum atomic E-state index is -0.161. The summed E-state index contributed by atoms with van der Waals surface area (Å²) in [6.45, 7) is 0. The fourth-order valence-electron chi connectivity index (χ4n) is 1.77. The number of rotatable bonds is 2. The molecule has 4 nitrogen and oxygen atoms in total. The molecule has 1 aliphatic rings. The van der Waals surface area contributed by atoms with Crippen molar-refractivity contribution in [2.45, 2.75) is 31.7 Å². The monoisotopic (exact) mass is 225 g/mol. The molecule has 0 bridgehead atoms. The second kappa shape index (κ2) is 4.57. The third-order valence-corrected chi connectivity index (χ3v) is 2.76. The molecule has 0 atom stereocenters.